The molecule has 0 fully saturated rings. The monoisotopic (exact) mass is 318 g/mol. The van der Waals surface area contributed by atoms with Gasteiger partial charge >= 0.3 is 6.03 Å². The van der Waals surface area contributed by atoms with Crippen molar-refractivity contribution < 1.29 is 4.79 Å². The van der Waals surface area contributed by atoms with Gasteiger partial charge in [-0.2, -0.15) is 0 Å². The van der Waals surface area contributed by atoms with Gasteiger partial charge in [0.1, 0.15) is 0 Å². The molecule has 0 aliphatic carbocycles. The van der Waals surface area contributed by atoms with Crippen LogP contribution in [-0.4, -0.2) is 36.6 Å². The van der Waals surface area contributed by atoms with E-state index in [9.17, 15) is 4.79 Å². The maximum absolute atomic E-state index is 11.9. The standard InChI is InChI=1S/C16H22N4OS/c1-4-12-5-7-13(8-6-12)14(20(2)3)11-18-15(21)19-16-17-9-10-22-16/h5-10,14H,4,11H2,1-3H3,(H2,17,18,19,21). The van der Waals surface area contributed by atoms with E-state index in [1.165, 1.54) is 22.5 Å². The summed E-state index contributed by atoms with van der Waals surface area (Å²) in [6, 6.07) is 8.44. The molecule has 1 unspecified atom stereocenters. The Kier molecular flexibility index (Phi) is 5.91. The number of rotatable bonds is 6. The summed E-state index contributed by atoms with van der Waals surface area (Å²) in [6.07, 6.45) is 2.69. The van der Waals surface area contributed by atoms with E-state index in [2.05, 4.69) is 51.7 Å². The fraction of sp³-hybridized carbons (Fsp3) is 0.375. The molecule has 2 rings (SSSR count). The molecule has 118 valence electrons. The topological polar surface area (TPSA) is 57.3 Å². The molecular weight excluding hydrogens is 296 g/mol. The molecule has 0 radical (unpaired) electrons. The second kappa shape index (κ2) is 7.91. The van der Waals surface area contributed by atoms with Crippen molar-refractivity contribution in [1.82, 2.24) is 15.2 Å². The largest absolute Gasteiger partial charge is 0.336 e. The highest BCUT2D eigenvalue weighted by Crippen LogP contribution is 2.18. The summed E-state index contributed by atoms with van der Waals surface area (Å²) in [4.78, 5) is 18.0. The van der Waals surface area contributed by atoms with Crippen LogP contribution in [0.1, 0.15) is 24.1 Å². The molecule has 1 atom stereocenters. The van der Waals surface area contributed by atoms with E-state index in [1.807, 2.05) is 19.5 Å². The molecule has 0 aliphatic heterocycles. The fourth-order valence-electron chi connectivity index (χ4n) is 2.19. The number of amides is 2. The maximum Gasteiger partial charge on any atom is 0.321 e. The van der Waals surface area contributed by atoms with E-state index in [0.29, 0.717) is 11.7 Å². The molecule has 2 aromatic rings. The summed E-state index contributed by atoms with van der Waals surface area (Å²) in [5, 5.41) is 8.06. The third-order valence-electron chi connectivity index (χ3n) is 3.50. The molecule has 0 saturated carbocycles. The van der Waals surface area contributed by atoms with Crippen LogP contribution in [0.5, 0.6) is 0 Å². The van der Waals surface area contributed by atoms with Crippen molar-refractivity contribution in [2.75, 3.05) is 26.0 Å². The average Bonchev–Trinajstić information content (AvgIpc) is 3.00. The smallest absolute Gasteiger partial charge is 0.321 e. The molecule has 0 saturated heterocycles. The fourth-order valence-corrected chi connectivity index (χ4v) is 2.71. The first kappa shape index (κ1) is 16.5. The van der Waals surface area contributed by atoms with E-state index in [-0.39, 0.29) is 12.1 Å². The molecule has 1 heterocycles. The zero-order valence-electron chi connectivity index (χ0n) is 13.2. The van der Waals surface area contributed by atoms with Crippen LogP contribution < -0.4 is 10.6 Å². The molecule has 1 aromatic carbocycles. The van der Waals surface area contributed by atoms with Crippen LogP contribution in [0.25, 0.3) is 0 Å². The summed E-state index contributed by atoms with van der Waals surface area (Å²) in [5.74, 6) is 0. The number of carbonyl (C=O) groups is 1. The predicted molar refractivity (Wildman–Crippen MR) is 91.4 cm³/mol. The molecule has 0 bridgehead atoms. The van der Waals surface area contributed by atoms with E-state index < -0.39 is 0 Å². The van der Waals surface area contributed by atoms with Gasteiger partial charge in [-0.3, -0.25) is 5.32 Å². The van der Waals surface area contributed by atoms with Crippen LogP contribution in [0.15, 0.2) is 35.8 Å². The number of likely N-dealkylation sites (N-methyl/N-ethyl adjacent to an activating group) is 1. The molecule has 6 heteroatoms. The molecule has 2 amide bonds. The van der Waals surface area contributed by atoms with E-state index in [4.69, 9.17) is 0 Å². The Morgan fingerprint density at radius 3 is 2.59 bits per heavy atom. The Labute approximate surface area is 135 Å². The molecule has 1 aromatic heterocycles. The van der Waals surface area contributed by atoms with Crippen LogP contribution in [0, 0.1) is 0 Å². The molecular formula is C16H22N4OS. The summed E-state index contributed by atoms with van der Waals surface area (Å²) in [5.41, 5.74) is 2.51. The summed E-state index contributed by atoms with van der Waals surface area (Å²) < 4.78 is 0. The number of urea groups is 1. The molecule has 0 spiro atoms. The van der Waals surface area contributed by atoms with Gasteiger partial charge in [-0.1, -0.05) is 31.2 Å². The van der Waals surface area contributed by atoms with Gasteiger partial charge < -0.3 is 10.2 Å². The SMILES string of the molecule is CCc1ccc(C(CNC(=O)Nc2nccs2)N(C)C)cc1. The molecule has 5 nitrogen and oxygen atoms in total. The number of benzene rings is 1. The second-order valence-corrected chi connectivity index (χ2v) is 6.14. The lowest BCUT2D eigenvalue weighted by Crippen LogP contribution is -2.36. The van der Waals surface area contributed by atoms with Crippen LogP contribution in [-0.2, 0) is 6.42 Å². The Morgan fingerprint density at radius 1 is 1.32 bits per heavy atom. The van der Waals surface area contributed by atoms with Gasteiger partial charge in [0.25, 0.3) is 0 Å². The highest BCUT2D eigenvalue weighted by molar-refractivity contribution is 7.13. The Bertz CT molecular complexity index is 581. The van der Waals surface area contributed by atoms with Gasteiger partial charge in [-0.25, -0.2) is 9.78 Å². The van der Waals surface area contributed by atoms with Crippen molar-refractivity contribution in [3.05, 3.63) is 47.0 Å². The zero-order valence-corrected chi connectivity index (χ0v) is 14.0. The Hall–Kier alpha value is -1.92. The van der Waals surface area contributed by atoms with Gasteiger partial charge in [0, 0.05) is 18.1 Å². The summed E-state index contributed by atoms with van der Waals surface area (Å²) in [7, 11) is 4.03. The van der Waals surface area contributed by atoms with Crippen molar-refractivity contribution >= 4 is 22.5 Å². The first-order chi connectivity index (χ1) is 10.6. The van der Waals surface area contributed by atoms with Crippen LogP contribution in [0.4, 0.5) is 9.93 Å². The van der Waals surface area contributed by atoms with Crippen molar-refractivity contribution in [3.8, 4) is 0 Å². The summed E-state index contributed by atoms with van der Waals surface area (Å²) in [6.45, 7) is 2.68. The maximum atomic E-state index is 11.9. The number of nitrogens with zero attached hydrogens (tertiary/aromatic N) is 2. The molecule has 22 heavy (non-hydrogen) atoms. The highest BCUT2D eigenvalue weighted by atomic mass is 32.1. The van der Waals surface area contributed by atoms with Crippen molar-refractivity contribution in [1.29, 1.82) is 0 Å². The quantitative estimate of drug-likeness (QED) is 0.860. The second-order valence-electron chi connectivity index (χ2n) is 5.25. The van der Waals surface area contributed by atoms with E-state index in [0.717, 1.165) is 6.42 Å². The highest BCUT2D eigenvalue weighted by Gasteiger charge is 2.15. The van der Waals surface area contributed by atoms with E-state index in [1.54, 1.807) is 6.20 Å². The minimum Gasteiger partial charge on any atom is -0.336 e. The number of hydrogen-bond donors (Lipinski definition) is 2. The lowest BCUT2D eigenvalue weighted by Gasteiger charge is -2.25. The van der Waals surface area contributed by atoms with Gasteiger partial charge in [0.2, 0.25) is 0 Å². The average molecular weight is 318 g/mol. The third-order valence-corrected chi connectivity index (χ3v) is 4.19. The van der Waals surface area contributed by atoms with Crippen LogP contribution in [0.3, 0.4) is 0 Å². The van der Waals surface area contributed by atoms with Gasteiger partial charge in [0.05, 0.1) is 6.04 Å². The predicted octanol–water partition coefficient (Wildman–Crippen LogP) is 3.13. The zero-order chi connectivity index (χ0) is 15.9. The number of hydrogen-bond acceptors (Lipinski definition) is 4. The van der Waals surface area contributed by atoms with Crippen LogP contribution >= 0.6 is 11.3 Å². The summed E-state index contributed by atoms with van der Waals surface area (Å²) >= 11 is 1.40. The number of aryl methyl sites for hydroxylation is 1. The Balaban J connectivity index is 1.95. The molecule has 0 aliphatic rings. The number of carbonyl (C=O) groups excluding carboxylic acids is 1. The first-order valence-corrected chi connectivity index (χ1v) is 8.17. The number of anilines is 1. The van der Waals surface area contributed by atoms with Gasteiger partial charge in [-0.05, 0) is 31.6 Å². The first-order valence-electron chi connectivity index (χ1n) is 7.29. The molecule has 2 N–H and O–H groups in total. The van der Waals surface area contributed by atoms with Crippen molar-refractivity contribution in [2.24, 2.45) is 0 Å². The normalized spacial score (nSPS) is 12.2. The van der Waals surface area contributed by atoms with Gasteiger partial charge in [0.15, 0.2) is 5.13 Å². The number of thiazole rings is 1. The minimum atomic E-state index is -0.230. The van der Waals surface area contributed by atoms with Crippen LogP contribution in [0.2, 0.25) is 0 Å². The number of nitrogens with one attached hydrogen (secondary N) is 2. The van der Waals surface area contributed by atoms with Crippen molar-refractivity contribution in [2.45, 2.75) is 19.4 Å². The Morgan fingerprint density at radius 2 is 2.05 bits per heavy atom. The minimum absolute atomic E-state index is 0.132. The third kappa shape index (κ3) is 4.54. The number of aromatic nitrogens is 1. The van der Waals surface area contributed by atoms with E-state index >= 15 is 0 Å². The van der Waals surface area contributed by atoms with Gasteiger partial charge in [-0.15, -0.1) is 11.3 Å². The van der Waals surface area contributed by atoms with Crippen molar-refractivity contribution in [3.63, 3.8) is 0 Å². The lowest BCUT2D eigenvalue weighted by atomic mass is 10.0. The lowest BCUT2D eigenvalue weighted by molar-refractivity contribution is 0.243.